The van der Waals surface area contributed by atoms with Crippen LogP contribution < -0.4 is 0 Å². The lowest BCUT2D eigenvalue weighted by atomic mass is 9.98. The average molecular weight is 320 g/mol. The third-order valence-electron chi connectivity index (χ3n) is 3.74. The molecule has 1 atom stereocenters. The van der Waals surface area contributed by atoms with Gasteiger partial charge in [-0.05, 0) is 24.3 Å². The largest absolute Gasteiger partial charge is 0.481 e. The van der Waals surface area contributed by atoms with E-state index < -0.39 is 11.9 Å². The van der Waals surface area contributed by atoms with E-state index in [1.807, 2.05) is 17.5 Å². The summed E-state index contributed by atoms with van der Waals surface area (Å²) in [6.07, 6.45) is 2.99. The Balaban J connectivity index is 1.63. The van der Waals surface area contributed by atoms with E-state index in [-0.39, 0.29) is 18.9 Å². The smallest absolute Gasteiger partial charge is 0.308 e. The minimum Gasteiger partial charge on any atom is -0.481 e. The normalized spacial score (nSPS) is 18.4. The highest BCUT2D eigenvalue weighted by atomic mass is 32.1. The molecule has 0 bridgehead atoms. The Morgan fingerprint density at radius 2 is 2.36 bits per heavy atom. The molecule has 0 aromatic carbocycles. The molecule has 1 aliphatic heterocycles. The molecule has 0 unspecified atom stereocenters. The molecule has 2 aromatic heterocycles. The van der Waals surface area contributed by atoms with Crippen LogP contribution >= 0.6 is 11.3 Å². The Kier molecular flexibility index (Phi) is 4.24. The Bertz CT molecular complexity index is 665. The minimum absolute atomic E-state index is 0.100. The summed E-state index contributed by atoms with van der Waals surface area (Å²) in [6, 6.07) is 3.82. The van der Waals surface area contributed by atoms with E-state index >= 15 is 0 Å². The zero-order valence-electron chi connectivity index (χ0n) is 11.9. The first-order valence-electron chi connectivity index (χ1n) is 7.12. The summed E-state index contributed by atoms with van der Waals surface area (Å²) >= 11 is 1.52. The van der Waals surface area contributed by atoms with Crippen molar-refractivity contribution in [1.29, 1.82) is 0 Å². The number of carbonyl (C=O) groups is 2. The minimum atomic E-state index is -0.834. The van der Waals surface area contributed by atoms with Gasteiger partial charge in [0, 0.05) is 13.1 Å². The molecule has 0 aliphatic carbocycles. The third kappa shape index (κ3) is 3.19. The van der Waals surface area contributed by atoms with Gasteiger partial charge in [0.25, 0.3) is 0 Å². The number of carboxylic acids is 1. The van der Waals surface area contributed by atoms with Crippen molar-refractivity contribution in [2.75, 3.05) is 13.1 Å². The number of amides is 1. The highest BCUT2D eigenvalue weighted by molar-refractivity contribution is 7.13. The van der Waals surface area contributed by atoms with Crippen LogP contribution in [0.2, 0.25) is 0 Å². The molecule has 0 radical (unpaired) electrons. The molecular formula is C15H16N2O4S. The van der Waals surface area contributed by atoms with Crippen molar-refractivity contribution < 1.29 is 19.1 Å². The molecule has 0 saturated carbocycles. The van der Waals surface area contributed by atoms with Gasteiger partial charge in [0.2, 0.25) is 11.8 Å². The van der Waals surface area contributed by atoms with Crippen LogP contribution in [0.5, 0.6) is 0 Å². The number of likely N-dealkylation sites (tertiary alicyclic amines) is 1. The van der Waals surface area contributed by atoms with Gasteiger partial charge in [-0.15, -0.1) is 11.3 Å². The molecule has 2 aromatic rings. The Morgan fingerprint density at radius 1 is 1.50 bits per heavy atom. The quantitative estimate of drug-likeness (QED) is 0.934. The standard InChI is InChI=1S/C15H16N2O4S/c18-13(17-5-1-3-10(8-17)15(19)20)7-11-9-21-14(16-11)12-4-2-6-22-12/h2,4,6,9-10H,1,3,5,7-8H2,(H,19,20)/t10-/m0/s1. The molecule has 1 aliphatic rings. The summed E-state index contributed by atoms with van der Waals surface area (Å²) in [4.78, 5) is 30.2. The van der Waals surface area contributed by atoms with Crippen LogP contribution in [-0.2, 0) is 16.0 Å². The van der Waals surface area contributed by atoms with Crippen molar-refractivity contribution in [3.8, 4) is 10.8 Å². The molecule has 6 nitrogen and oxygen atoms in total. The molecule has 1 N–H and O–H groups in total. The SMILES string of the molecule is O=C(O)[C@H]1CCCN(C(=O)Cc2coc(-c3cccs3)n2)C1. The monoisotopic (exact) mass is 320 g/mol. The first-order valence-corrected chi connectivity index (χ1v) is 8.00. The van der Waals surface area contributed by atoms with Gasteiger partial charge in [-0.25, -0.2) is 4.98 Å². The van der Waals surface area contributed by atoms with Gasteiger partial charge in [0.05, 0.1) is 22.9 Å². The molecule has 116 valence electrons. The fraction of sp³-hybridized carbons (Fsp3) is 0.400. The Hall–Kier alpha value is -2.15. The maximum absolute atomic E-state index is 12.3. The summed E-state index contributed by atoms with van der Waals surface area (Å²) in [5, 5.41) is 11.0. The second kappa shape index (κ2) is 6.31. The molecule has 7 heteroatoms. The number of piperidine rings is 1. The average Bonchev–Trinajstić information content (AvgIpc) is 3.18. The number of rotatable bonds is 4. The van der Waals surface area contributed by atoms with Crippen molar-refractivity contribution >= 4 is 23.2 Å². The second-order valence-electron chi connectivity index (χ2n) is 5.32. The second-order valence-corrected chi connectivity index (χ2v) is 6.26. The van der Waals surface area contributed by atoms with Gasteiger partial charge in [0.1, 0.15) is 6.26 Å². The molecule has 3 heterocycles. The van der Waals surface area contributed by atoms with Gasteiger partial charge in [-0.2, -0.15) is 0 Å². The van der Waals surface area contributed by atoms with Gasteiger partial charge in [-0.1, -0.05) is 6.07 Å². The van der Waals surface area contributed by atoms with Crippen molar-refractivity contribution in [2.24, 2.45) is 5.92 Å². The molecule has 1 amide bonds. The van der Waals surface area contributed by atoms with Gasteiger partial charge in [-0.3, -0.25) is 9.59 Å². The third-order valence-corrected chi connectivity index (χ3v) is 4.60. The molecule has 3 rings (SSSR count). The lowest BCUT2D eigenvalue weighted by Gasteiger charge is -2.30. The van der Waals surface area contributed by atoms with Crippen LogP contribution in [0.25, 0.3) is 10.8 Å². The molecule has 0 spiro atoms. The lowest BCUT2D eigenvalue weighted by molar-refractivity contribution is -0.145. The van der Waals surface area contributed by atoms with Crippen LogP contribution in [-0.4, -0.2) is 40.0 Å². The van der Waals surface area contributed by atoms with Crippen LogP contribution in [0, 0.1) is 5.92 Å². The first kappa shape index (κ1) is 14.8. The maximum Gasteiger partial charge on any atom is 0.308 e. The summed E-state index contributed by atoms with van der Waals surface area (Å²) in [7, 11) is 0. The fourth-order valence-electron chi connectivity index (χ4n) is 2.57. The van der Waals surface area contributed by atoms with E-state index in [1.165, 1.54) is 17.6 Å². The number of thiophene rings is 1. The van der Waals surface area contributed by atoms with Crippen LogP contribution in [0.4, 0.5) is 0 Å². The van der Waals surface area contributed by atoms with Crippen molar-refractivity contribution in [3.63, 3.8) is 0 Å². The summed E-state index contributed by atoms with van der Waals surface area (Å²) in [6.45, 7) is 0.891. The van der Waals surface area contributed by atoms with Crippen LogP contribution in [0.1, 0.15) is 18.5 Å². The summed E-state index contributed by atoms with van der Waals surface area (Å²) < 4.78 is 5.39. The van der Waals surface area contributed by atoms with Crippen molar-refractivity contribution in [3.05, 3.63) is 29.5 Å². The van der Waals surface area contributed by atoms with Gasteiger partial charge in [0.15, 0.2) is 0 Å². The zero-order valence-corrected chi connectivity index (χ0v) is 12.7. The lowest BCUT2D eigenvalue weighted by Crippen LogP contribution is -2.43. The van der Waals surface area contributed by atoms with Crippen LogP contribution in [0.3, 0.4) is 0 Å². The fourth-order valence-corrected chi connectivity index (χ4v) is 3.23. The topological polar surface area (TPSA) is 83.6 Å². The molecule has 22 heavy (non-hydrogen) atoms. The Labute approximate surface area is 131 Å². The van der Waals surface area contributed by atoms with Gasteiger partial charge >= 0.3 is 5.97 Å². The predicted octanol–water partition coefficient (Wildman–Crippen LogP) is 2.27. The number of nitrogens with zero attached hydrogens (tertiary/aromatic N) is 2. The van der Waals surface area contributed by atoms with E-state index in [0.717, 1.165) is 11.3 Å². The summed E-state index contributed by atoms with van der Waals surface area (Å²) in [5.41, 5.74) is 0.575. The number of aromatic nitrogens is 1. The Morgan fingerprint density at radius 3 is 3.09 bits per heavy atom. The molecule has 1 fully saturated rings. The summed E-state index contributed by atoms with van der Waals surface area (Å²) in [5.74, 6) is -0.882. The number of oxazole rings is 1. The molecule has 1 saturated heterocycles. The van der Waals surface area contributed by atoms with E-state index in [2.05, 4.69) is 4.98 Å². The predicted molar refractivity (Wildman–Crippen MR) is 80.5 cm³/mol. The number of carbonyl (C=O) groups excluding carboxylic acids is 1. The van der Waals surface area contributed by atoms with Crippen LogP contribution in [0.15, 0.2) is 28.2 Å². The highest BCUT2D eigenvalue weighted by Crippen LogP contribution is 2.24. The van der Waals surface area contributed by atoms with E-state index in [9.17, 15) is 9.59 Å². The van der Waals surface area contributed by atoms with Crippen molar-refractivity contribution in [1.82, 2.24) is 9.88 Å². The first-order chi connectivity index (χ1) is 10.6. The van der Waals surface area contributed by atoms with Gasteiger partial charge < -0.3 is 14.4 Å². The van der Waals surface area contributed by atoms with E-state index in [4.69, 9.17) is 9.52 Å². The van der Waals surface area contributed by atoms with E-state index in [0.29, 0.717) is 24.6 Å². The zero-order chi connectivity index (χ0) is 15.5. The number of aliphatic carboxylic acids is 1. The number of hydrogen-bond donors (Lipinski definition) is 1. The molecular weight excluding hydrogens is 304 g/mol. The van der Waals surface area contributed by atoms with E-state index in [1.54, 1.807) is 4.90 Å². The number of hydrogen-bond acceptors (Lipinski definition) is 5. The maximum atomic E-state index is 12.3. The number of carboxylic acid groups (broad SMARTS) is 1. The highest BCUT2D eigenvalue weighted by Gasteiger charge is 2.28. The van der Waals surface area contributed by atoms with Crippen molar-refractivity contribution in [2.45, 2.75) is 19.3 Å².